The maximum atomic E-state index is 12.7. The standard InChI is InChI=1S/C21H22N4O3S/c26-29(27,18-12-6-2-7-13-18)24-21-22-19(25-14-8-3-9-15-25)16-20(23-21)28-17-10-4-1-5-11-17/h1-2,4-7,10-13,16H,3,8-9,14-15H2,(H,22,23,24). The number of para-hydroxylation sites is 1. The minimum atomic E-state index is -3.80. The maximum absolute atomic E-state index is 12.7. The van der Waals surface area contributed by atoms with Gasteiger partial charge in [-0.1, -0.05) is 36.4 Å². The molecule has 150 valence electrons. The van der Waals surface area contributed by atoms with Gasteiger partial charge in [0.25, 0.3) is 10.0 Å². The summed E-state index contributed by atoms with van der Waals surface area (Å²) in [7, 11) is -3.80. The van der Waals surface area contributed by atoms with Crippen LogP contribution in [0.5, 0.6) is 11.6 Å². The van der Waals surface area contributed by atoms with E-state index in [1.54, 1.807) is 24.3 Å². The van der Waals surface area contributed by atoms with Gasteiger partial charge in [0.05, 0.1) is 4.90 Å². The molecule has 0 bridgehead atoms. The van der Waals surface area contributed by atoms with Crippen LogP contribution in [-0.2, 0) is 10.0 Å². The lowest BCUT2D eigenvalue weighted by atomic mass is 10.1. The highest BCUT2D eigenvalue weighted by Gasteiger charge is 2.19. The second-order valence-electron chi connectivity index (χ2n) is 6.77. The summed E-state index contributed by atoms with van der Waals surface area (Å²) in [5.41, 5.74) is 0. The van der Waals surface area contributed by atoms with E-state index in [1.165, 1.54) is 18.6 Å². The van der Waals surface area contributed by atoms with Gasteiger partial charge in [-0.3, -0.25) is 0 Å². The average Bonchev–Trinajstić information content (AvgIpc) is 2.75. The first-order valence-corrected chi connectivity index (χ1v) is 11.0. The molecule has 4 rings (SSSR count). The highest BCUT2D eigenvalue weighted by molar-refractivity contribution is 7.92. The lowest BCUT2D eigenvalue weighted by Gasteiger charge is -2.28. The number of nitrogens with zero attached hydrogens (tertiary/aromatic N) is 3. The van der Waals surface area contributed by atoms with Crippen molar-refractivity contribution in [2.75, 3.05) is 22.7 Å². The summed E-state index contributed by atoms with van der Waals surface area (Å²) in [4.78, 5) is 11.0. The molecule has 1 N–H and O–H groups in total. The van der Waals surface area contributed by atoms with Crippen LogP contribution >= 0.6 is 0 Å². The molecule has 3 aromatic rings. The van der Waals surface area contributed by atoms with Gasteiger partial charge in [-0.15, -0.1) is 0 Å². The number of rotatable bonds is 6. The van der Waals surface area contributed by atoms with Crippen molar-refractivity contribution in [3.8, 4) is 11.6 Å². The fourth-order valence-electron chi connectivity index (χ4n) is 3.18. The van der Waals surface area contributed by atoms with E-state index in [-0.39, 0.29) is 16.7 Å². The molecule has 0 unspecified atom stereocenters. The van der Waals surface area contributed by atoms with Crippen molar-refractivity contribution in [1.29, 1.82) is 0 Å². The van der Waals surface area contributed by atoms with Crippen LogP contribution in [0.3, 0.4) is 0 Å². The van der Waals surface area contributed by atoms with Gasteiger partial charge in [-0.05, 0) is 43.5 Å². The summed E-state index contributed by atoms with van der Waals surface area (Å²) in [6.45, 7) is 1.74. The largest absolute Gasteiger partial charge is 0.439 e. The van der Waals surface area contributed by atoms with Gasteiger partial charge in [0, 0.05) is 19.2 Å². The Kier molecular flexibility index (Phi) is 5.62. The predicted molar refractivity (Wildman–Crippen MR) is 112 cm³/mol. The SMILES string of the molecule is O=S(=O)(Nc1nc(Oc2ccccc2)cc(N2CCCCC2)n1)c1ccccc1. The molecule has 29 heavy (non-hydrogen) atoms. The molecule has 2 heterocycles. The molecular formula is C21H22N4O3S. The highest BCUT2D eigenvalue weighted by Crippen LogP contribution is 2.27. The molecular weight excluding hydrogens is 388 g/mol. The van der Waals surface area contributed by atoms with Gasteiger partial charge in [0.15, 0.2) is 0 Å². The monoisotopic (exact) mass is 410 g/mol. The fraction of sp³-hybridized carbons (Fsp3) is 0.238. The first-order valence-electron chi connectivity index (χ1n) is 9.55. The van der Waals surface area contributed by atoms with Crippen molar-refractivity contribution >= 4 is 21.8 Å². The predicted octanol–water partition coefficient (Wildman–Crippen LogP) is 4.06. The number of nitrogens with one attached hydrogen (secondary N) is 1. The molecule has 8 heteroatoms. The number of ether oxygens (including phenoxy) is 1. The van der Waals surface area contributed by atoms with Gasteiger partial charge in [-0.25, -0.2) is 13.1 Å². The van der Waals surface area contributed by atoms with E-state index in [9.17, 15) is 8.42 Å². The fourth-order valence-corrected chi connectivity index (χ4v) is 4.15. The Morgan fingerprint density at radius 1 is 0.862 bits per heavy atom. The van der Waals surface area contributed by atoms with Crippen molar-refractivity contribution in [2.24, 2.45) is 0 Å². The normalized spacial score (nSPS) is 14.4. The number of anilines is 2. The summed E-state index contributed by atoms with van der Waals surface area (Å²) in [6, 6.07) is 19.2. The van der Waals surface area contributed by atoms with Crippen LogP contribution in [0, 0.1) is 0 Å². The van der Waals surface area contributed by atoms with Crippen LogP contribution in [0.2, 0.25) is 0 Å². The van der Waals surface area contributed by atoms with Crippen LogP contribution in [0.4, 0.5) is 11.8 Å². The molecule has 2 aromatic carbocycles. The Morgan fingerprint density at radius 3 is 2.21 bits per heavy atom. The molecule has 7 nitrogen and oxygen atoms in total. The molecule has 0 saturated carbocycles. The average molecular weight is 410 g/mol. The Morgan fingerprint density at radius 2 is 1.52 bits per heavy atom. The second kappa shape index (κ2) is 8.48. The molecule has 1 aliphatic heterocycles. The Labute approximate surface area is 170 Å². The van der Waals surface area contributed by atoms with E-state index in [0.29, 0.717) is 11.6 Å². The summed E-state index contributed by atoms with van der Waals surface area (Å²) in [5.74, 6) is 1.55. The number of sulfonamides is 1. The summed E-state index contributed by atoms with van der Waals surface area (Å²) >= 11 is 0. The third-order valence-corrected chi connectivity index (χ3v) is 5.96. The smallest absolute Gasteiger partial charge is 0.264 e. The molecule has 1 fully saturated rings. The van der Waals surface area contributed by atoms with Crippen molar-refractivity contribution in [3.63, 3.8) is 0 Å². The molecule has 1 aliphatic rings. The summed E-state index contributed by atoms with van der Waals surface area (Å²) in [5, 5.41) is 0. The highest BCUT2D eigenvalue weighted by atomic mass is 32.2. The zero-order valence-corrected chi connectivity index (χ0v) is 16.7. The zero-order chi connectivity index (χ0) is 20.1. The molecule has 0 radical (unpaired) electrons. The van der Waals surface area contributed by atoms with Crippen LogP contribution in [-0.4, -0.2) is 31.5 Å². The van der Waals surface area contributed by atoms with Crippen molar-refractivity contribution in [2.45, 2.75) is 24.2 Å². The minimum Gasteiger partial charge on any atom is -0.439 e. The molecule has 0 aliphatic carbocycles. The lowest BCUT2D eigenvalue weighted by Crippen LogP contribution is -2.30. The van der Waals surface area contributed by atoms with Gasteiger partial charge in [0.1, 0.15) is 11.6 Å². The molecule has 1 saturated heterocycles. The first-order chi connectivity index (χ1) is 14.1. The third-order valence-electron chi connectivity index (χ3n) is 4.61. The molecule has 0 amide bonds. The second-order valence-corrected chi connectivity index (χ2v) is 8.45. The van der Waals surface area contributed by atoms with Gasteiger partial charge >= 0.3 is 0 Å². The van der Waals surface area contributed by atoms with Crippen molar-refractivity contribution in [1.82, 2.24) is 9.97 Å². The van der Waals surface area contributed by atoms with Crippen LogP contribution < -0.4 is 14.4 Å². The van der Waals surface area contributed by atoms with E-state index < -0.39 is 10.0 Å². The Balaban J connectivity index is 1.67. The van der Waals surface area contributed by atoms with E-state index in [1.807, 2.05) is 30.3 Å². The number of hydrogen-bond donors (Lipinski definition) is 1. The lowest BCUT2D eigenvalue weighted by molar-refractivity contribution is 0.461. The van der Waals surface area contributed by atoms with Crippen LogP contribution in [0.25, 0.3) is 0 Å². The topological polar surface area (TPSA) is 84.4 Å². The Hall–Kier alpha value is -3.13. The van der Waals surface area contributed by atoms with E-state index >= 15 is 0 Å². The van der Waals surface area contributed by atoms with Gasteiger partial charge in [0.2, 0.25) is 11.8 Å². The van der Waals surface area contributed by atoms with E-state index in [0.717, 1.165) is 25.9 Å². The molecule has 0 spiro atoms. The number of piperidine rings is 1. The quantitative estimate of drug-likeness (QED) is 0.660. The van der Waals surface area contributed by atoms with Crippen LogP contribution in [0.1, 0.15) is 19.3 Å². The summed E-state index contributed by atoms with van der Waals surface area (Å²) in [6.07, 6.45) is 3.33. The zero-order valence-electron chi connectivity index (χ0n) is 15.9. The number of hydrogen-bond acceptors (Lipinski definition) is 6. The number of aromatic nitrogens is 2. The van der Waals surface area contributed by atoms with Crippen molar-refractivity contribution in [3.05, 3.63) is 66.7 Å². The molecule has 0 atom stereocenters. The van der Waals surface area contributed by atoms with Crippen LogP contribution in [0.15, 0.2) is 71.6 Å². The minimum absolute atomic E-state index is 0.0112. The molecule has 1 aromatic heterocycles. The first kappa shape index (κ1) is 19.2. The van der Waals surface area contributed by atoms with Crippen molar-refractivity contribution < 1.29 is 13.2 Å². The van der Waals surface area contributed by atoms with E-state index in [4.69, 9.17) is 4.74 Å². The summed E-state index contributed by atoms with van der Waals surface area (Å²) < 4.78 is 33.8. The van der Waals surface area contributed by atoms with Gasteiger partial charge < -0.3 is 9.64 Å². The third kappa shape index (κ3) is 4.83. The Bertz CT molecular complexity index is 1050. The number of benzene rings is 2. The maximum Gasteiger partial charge on any atom is 0.264 e. The van der Waals surface area contributed by atoms with Gasteiger partial charge in [-0.2, -0.15) is 9.97 Å². The van der Waals surface area contributed by atoms with E-state index in [2.05, 4.69) is 19.6 Å².